The minimum absolute atomic E-state index is 0.103. The molecule has 0 bridgehead atoms. The first-order valence-electron chi connectivity index (χ1n) is 9.04. The average Bonchev–Trinajstić information content (AvgIpc) is 3.23. The van der Waals surface area contributed by atoms with Crippen LogP contribution in [-0.2, 0) is 16.1 Å². The van der Waals surface area contributed by atoms with Crippen LogP contribution in [0.2, 0.25) is 0 Å². The van der Waals surface area contributed by atoms with Gasteiger partial charge in [-0.3, -0.25) is 14.2 Å². The second kappa shape index (κ2) is 9.57. The highest BCUT2D eigenvalue weighted by Crippen LogP contribution is 2.19. The molecule has 0 spiro atoms. The molecule has 1 aromatic carbocycles. The Hall–Kier alpha value is -2.58. The molecule has 0 saturated heterocycles. The predicted molar refractivity (Wildman–Crippen MR) is 108 cm³/mol. The molecular weight excluding hydrogens is 378 g/mol. The zero-order valence-corrected chi connectivity index (χ0v) is 16.7. The van der Waals surface area contributed by atoms with Crippen LogP contribution in [0, 0.1) is 0 Å². The van der Waals surface area contributed by atoms with Gasteiger partial charge in [-0.2, -0.15) is 0 Å². The highest BCUT2D eigenvalue weighted by atomic mass is 32.2. The zero-order valence-electron chi connectivity index (χ0n) is 15.9. The Bertz CT molecular complexity index is 985. The van der Waals surface area contributed by atoms with Gasteiger partial charge in [0.1, 0.15) is 5.76 Å². The Labute approximate surface area is 167 Å². The van der Waals surface area contributed by atoms with Gasteiger partial charge in [0.25, 0.3) is 5.56 Å². The van der Waals surface area contributed by atoms with Gasteiger partial charge in [0.15, 0.2) is 5.16 Å². The molecule has 3 rings (SSSR count). The summed E-state index contributed by atoms with van der Waals surface area (Å²) in [6.07, 6.45) is 2.26. The van der Waals surface area contributed by atoms with Gasteiger partial charge in [0.2, 0.25) is 5.91 Å². The lowest BCUT2D eigenvalue weighted by atomic mass is 10.2. The van der Waals surface area contributed by atoms with E-state index in [1.165, 1.54) is 11.8 Å². The monoisotopic (exact) mass is 401 g/mol. The number of amides is 1. The van der Waals surface area contributed by atoms with E-state index in [2.05, 4.69) is 10.3 Å². The van der Waals surface area contributed by atoms with Crippen LogP contribution in [-0.4, -0.2) is 34.9 Å². The molecule has 2 heterocycles. The van der Waals surface area contributed by atoms with Crippen molar-refractivity contribution in [3.8, 4) is 0 Å². The van der Waals surface area contributed by atoms with Crippen LogP contribution in [0.25, 0.3) is 10.9 Å². The van der Waals surface area contributed by atoms with Crippen LogP contribution < -0.4 is 10.9 Å². The molecule has 8 heteroatoms. The van der Waals surface area contributed by atoms with Crippen molar-refractivity contribution < 1.29 is 13.9 Å². The minimum Gasteiger partial charge on any atom is -0.467 e. The molecule has 0 aliphatic heterocycles. The van der Waals surface area contributed by atoms with E-state index in [0.29, 0.717) is 41.4 Å². The highest BCUT2D eigenvalue weighted by molar-refractivity contribution is 7.99. The van der Waals surface area contributed by atoms with Crippen molar-refractivity contribution in [1.29, 1.82) is 0 Å². The summed E-state index contributed by atoms with van der Waals surface area (Å²) in [7, 11) is 1.63. The van der Waals surface area contributed by atoms with Crippen LogP contribution in [0.1, 0.15) is 25.1 Å². The molecule has 0 radical (unpaired) electrons. The molecule has 148 valence electrons. The molecule has 2 aromatic heterocycles. The summed E-state index contributed by atoms with van der Waals surface area (Å²) in [4.78, 5) is 29.8. The minimum atomic E-state index is -0.225. The quantitative estimate of drug-likeness (QED) is 0.337. The van der Waals surface area contributed by atoms with Crippen LogP contribution in [0.5, 0.6) is 0 Å². The average molecular weight is 401 g/mol. The van der Waals surface area contributed by atoms with Crippen molar-refractivity contribution >= 4 is 28.6 Å². The summed E-state index contributed by atoms with van der Waals surface area (Å²) in [6, 6.07) is 10.6. The van der Waals surface area contributed by atoms with E-state index in [-0.39, 0.29) is 23.3 Å². The maximum atomic E-state index is 12.9. The van der Waals surface area contributed by atoms with Crippen LogP contribution in [0.3, 0.4) is 0 Å². The van der Waals surface area contributed by atoms with E-state index in [0.717, 1.165) is 0 Å². The highest BCUT2D eigenvalue weighted by Gasteiger charge is 2.15. The number of carbonyl (C=O) groups excluding carboxylic acids is 1. The van der Waals surface area contributed by atoms with Gasteiger partial charge in [-0.05, 0) is 37.6 Å². The second-order valence-electron chi connectivity index (χ2n) is 6.31. The van der Waals surface area contributed by atoms with Gasteiger partial charge in [-0.15, -0.1) is 0 Å². The van der Waals surface area contributed by atoms with Gasteiger partial charge in [0, 0.05) is 20.3 Å². The first-order chi connectivity index (χ1) is 13.6. The standard InChI is InChI=1S/C20H23N3O4S/c1-14(17-9-5-12-27-17)21-18(24)13-28-20-22-16-8-4-3-7-15(16)19(25)23(20)10-6-11-26-2/h3-5,7-9,12,14H,6,10-11,13H2,1-2H3,(H,21,24). The molecule has 28 heavy (non-hydrogen) atoms. The van der Waals surface area contributed by atoms with Crippen LogP contribution in [0.4, 0.5) is 0 Å². The number of benzene rings is 1. The lowest BCUT2D eigenvalue weighted by molar-refractivity contribution is -0.119. The maximum Gasteiger partial charge on any atom is 0.262 e. The lowest BCUT2D eigenvalue weighted by Crippen LogP contribution is -2.29. The number of para-hydroxylation sites is 1. The van der Waals surface area contributed by atoms with Crippen LogP contribution in [0.15, 0.2) is 57.0 Å². The maximum absolute atomic E-state index is 12.9. The zero-order chi connectivity index (χ0) is 19.9. The molecule has 1 atom stereocenters. The Morgan fingerprint density at radius 1 is 1.32 bits per heavy atom. The Morgan fingerprint density at radius 2 is 2.14 bits per heavy atom. The van der Waals surface area contributed by atoms with Gasteiger partial charge < -0.3 is 14.5 Å². The molecule has 3 aromatic rings. The number of aromatic nitrogens is 2. The number of hydrogen-bond acceptors (Lipinski definition) is 6. The summed E-state index contributed by atoms with van der Waals surface area (Å²) in [6.45, 7) is 2.89. The van der Waals surface area contributed by atoms with E-state index in [1.807, 2.05) is 25.1 Å². The summed E-state index contributed by atoms with van der Waals surface area (Å²) in [5, 5.41) is 3.99. The Morgan fingerprint density at radius 3 is 2.89 bits per heavy atom. The number of fused-ring (bicyclic) bond motifs is 1. The molecular formula is C20H23N3O4S. The number of furan rings is 1. The third kappa shape index (κ3) is 4.82. The number of ether oxygens (including phenoxy) is 1. The van der Waals surface area contributed by atoms with Gasteiger partial charge in [-0.25, -0.2) is 4.98 Å². The fraction of sp³-hybridized carbons (Fsp3) is 0.350. The number of nitrogens with zero attached hydrogens (tertiary/aromatic N) is 2. The molecule has 0 fully saturated rings. The topological polar surface area (TPSA) is 86.4 Å². The second-order valence-corrected chi connectivity index (χ2v) is 7.25. The van der Waals surface area contributed by atoms with Crippen molar-refractivity contribution in [3.05, 3.63) is 58.8 Å². The van der Waals surface area contributed by atoms with Crippen molar-refractivity contribution in [2.45, 2.75) is 31.1 Å². The van der Waals surface area contributed by atoms with E-state index < -0.39 is 0 Å². The molecule has 7 nitrogen and oxygen atoms in total. The number of carbonyl (C=O) groups is 1. The van der Waals surface area contributed by atoms with E-state index in [9.17, 15) is 9.59 Å². The molecule has 1 unspecified atom stereocenters. The number of hydrogen-bond donors (Lipinski definition) is 1. The van der Waals surface area contributed by atoms with Crippen molar-refractivity contribution in [2.75, 3.05) is 19.5 Å². The molecule has 1 amide bonds. The van der Waals surface area contributed by atoms with Crippen LogP contribution >= 0.6 is 11.8 Å². The fourth-order valence-corrected chi connectivity index (χ4v) is 3.68. The van der Waals surface area contributed by atoms with Gasteiger partial charge >= 0.3 is 0 Å². The third-order valence-corrected chi connectivity index (χ3v) is 5.21. The van der Waals surface area contributed by atoms with E-state index in [1.54, 1.807) is 36.1 Å². The largest absolute Gasteiger partial charge is 0.467 e. The molecule has 0 aliphatic rings. The van der Waals surface area contributed by atoms with Crippen molar-refractivity contribution in [2.24, 2.45) is 0 Å². The van der Waals surface area contributed by atoms with Gasteiger partial charge in [-0.1, -0.05) is 23.9 Å². The predicted octanol–water partition coefficient (Wildman–Crippen LogP) is 3.00. The first-order valence-corrected chi connectivity index (χ1v) is 10.0. The summed E-state index contributed by atoms with van der Waals surface area (Å²) in [5.41, 5.74) is 0.524. The van der Waals surface area contributed by atoms with E-state index >= 15 is 0 Å². The fourth-order valence-electron chi connectivity index (χ4n) is 2.84. The van der Waals surface area contributed by atoms with Crippen molar-refractivity contribution in [3.63, 3.8) is 0 Å². The lowest BCUT2D eigenvalue weighted by Gasteiger charge is -2.14. The first kappa shape index (κ1) is 20.2. The van der Waals surface area contributed by atoms with Gasteiger partial charge in [0.05, 0.1) is 29.0 Å². The number of methoxy groups -OCH3 is 1. The summed E-state index contributed by atoms with van der Waals surface area (Å²) >= 11 is 1.25. The Kier molecular flexibility index (Phi) is 6.89. The summed E-state index contributed by atoms with van der Waals surface area (Å²) in [5.74, 6) is 0.693. The Balaban J connectivity index is 1.75. The SMILES string of the molecule is COCCCn1c(SCC(=O)NC(C)c2ccco2)nc2ccccc2c1=O. The third-order valence-electron chi connectivity index (χ3n) is 4.24. The number of rotatable bonds is 9. The molecule has 0 saturated carbocycles. The normalized spacial score (nSPS) is 12.2. The van der Waals surface area contributed by atoms with Crippen molar-refractivity contribution in [1.82, 2.24) is 14.9 Å². The summed E-state index contributed by atoms with van der Waals surface area (Å²) < 4.78 is 12.0. The number of thioether (sulfide) groups is 1. The molecule has 1 N–H and O–H groups in total. The molecule has 0 aliphatic carbocycles. The number of nitrogens with one attached hydrogen (secondary N) is 1. The van der Waals surface area contributed by atoms with E-state index in [4.69, 9.17) is 9.15 Å². The smallest absolute Gasteiger partial charge is 0.262 e.